The lowest BCUT2D eigenvalue weighted by Crippen LogP contribution is -2.52. The number of ether oxygens (including phenoxy) is 1. The van der Waals surface area contributed by atoms with Crippen LogP contribution in [0.2, 0.25) is 0 Å². The summed E-state index contributed by atoms with van der Waals surface area (Å²) in [4.78, 5) is 14.0. The molecule has 0 unspecified atom stereocenters. The van der Waals surface area contributed by atoms with Crippen LogP contribution in [0.1, 0.15) is 52.9 Å². The average Bonchev–Trinajstić information content (AvgIpc) is 2.35. The molecule has 21 heavy (non-hydrogen) atoms. The molecule has 2 atom stereocenters. The standard InChI is InChI=1S/C16H32N2O3/c1-16(2,3)21-15(20)17-13(11-18(4)5)14(19)12-9-7-6-8-10-12/h12-14,19H,6-11H2,1-5H3,(H,17,20)/t13-,14-/m1/s1. The predicted molar refractivity (Wildman–Crippen MR) is 84.3 cm³/mol. The van der Waals surface area contributed by atoms with Gasteiger partial charge in [0, 0.05) is 6.54 Å². The van der Waals surface area contributed by atoms with Crippen molar-refractivity contribution >= 4 is 6.09 Å². The minimum Gasteiger partial charge on any atom is -0.444 e. The molecular weight excluding hydrogens is 268 g/mol. The molecule has 0 saturated heterocycles. The summed E-state index contributed by atoms with van der Waals surface area (Å²) in [7, 11) is 3.88. The van der Waals surface area contributed by atoms with Crippen molar-refractivity contribution in [2.24, 2.45) is 5.92 Å². The maximum absolute atomic E-state index is 12.0. The lowest BCUT2D eigenvalue weighted by molar-refractivity contribution is 0.0209. The van der Waals surface area contributed by atoms with E-state index in [0.29, 0.717) is 6.54 Å². The van der Waals surface area contributed by atoms with E-state index in [1.165, 1.54) is 19.3 Å². The number of hydrogen-bond acceptors (Lipinski definition) is 4. The topological polar surface area (TPSA) is 61.8 Å². The zero-order chi connectivity index (χ0) is 16.0. The fourth-order valence-electron chi connectivity index (χ4n) is 2.90. The van der Waals surface area contributed by atoms with E-state index in [2.05, 4.69) is 5.32 Å². The van der Waals surface area contributed by atoms with Crippen LogP contribution < -0.4 is 5.32 Å². The van der Waals surface area contributed by atoms with Crippen LogP contribution in [-0.4, -0.2) is 54.5 Å². The second kappa shape index (κ2) is 7.99. The quantitative estimate of drug-likeness (QED) is 0.818. The SMILES string of the molecule is CN(C)C[C@@H](NC(=O)OC(C)(C)C)[C@H](O)C1CCCCC1. The van der Waals surface area contributed by atoms with E-state index in [1.807, 2.05) is 39.8 Å². The van der Waals surface area contributed by atoms with Gasteiger partial charge in [0.15, 0.2) is 0 Å². The van der Waals surface area contributed by atoms with Crippen LogP contribution in [0.3, 0.4) is 0 Å². The minimum absolute atomic E-state index is 0.277. The fourth-order valence-corrected chi connectivity index (χ4v) is 2.90. The molecule has 2 N–H and O–H groups in total. The second-order valence-electron chi connectivity index (χ2n) is 7.40. The molecule has 1 aliphatic carbocycles. The molecule has 0 aliphatic heterocycles. The van der Waals surface area contributed by atoms with Gasteiger partial charge in [-0.2, -0.15) is 0 Å². The van der Waals surface area contributed by atoms with Crippen molar-refractivity contribution in [3.63, 3.8) is 0 Å². The van der Waals surface area contributed by atoms with Gasteiger partial charge in [0.1, 0.15) is 5.60 Å². The Morgan fingerprint density at radius 2 is 1.86 bits per heavy atom. The van der Waals surface area contributed by atoms with Gasteiger partial charge in [-0.25, -0.2) is 4.79 Å². The van der Waals surface area contributed by atoms with Gasteiger partial charge in [0.2, 0.25) is 0 Å². The summed E-state index contributed by atoms with van der Waals surface area (Å²) in [6.45, 7) is 6.12. The molecule has 124 valence electrons. The first-order valence-electron chi connectivity index (χ1n) is 8.01. The van der Waals surface area contributed by atoms with E-state index in [4.69, 9.17) is 4.74 Å². The van der Waals surface area contributed by atoms with Crippen molar-refractivity contribution in [1.29, 1.82) is 0 Å². The summed E-state index contributed by atoms with van der Waals surface area (Å²) < 4.78 is 5.31. The molecule has 1 aliphatic rings. The molecule has 0 aromatic heterocycles. The molecule has 1 fully saturated rings. The molecule has 5 heteroatoms. The number of amides is 1. The first kappa shape index (κ1) is 18.2. The van der Waals surface area contributed by atoms with E-state index in [0.717, 1.165) is 12.8 Å². The van der Waals surface area contributed by atoms with E-state index in [-0.39, 0.29) is 12.0 Å². The van der Waals surface area contributed by atoms with Gasteiger partial charge in [-0.1, -0.05) is 19.3 Å². The largest absolute Gasteiger partial charge is 0.444 e. The Labute approximate surface area is 129 Å². The molecule has 0 bridgehead atoms. The number of likely N-dealkylation sites (N-methyl/N-ethyl adjacent to an activating group) is 1. The van der Waals surface area contributed by atoms with E-state index in [1.54, 1.807) is 0 Å². The van der Waals surface area contributed by atoms with E-state index >= 15 is 0 Å². The summed E-state index contributed by atoms with van der Waals surface area (Å²) in [5.74, 6) is 0.277. The Morgan fingerprint density at radius 3 is 2.33 bits per heavy atom. The van der Waals surface area contributed by atoms with Gasteiger partial charge in [0.25, 0.3) is 0 Å². The Balaban J connectivity index is 2.63. The third-order valence-corrected chi connectivity index (χ3v) is 3.81. The molecule has 0 aromatic carbocycles. The highest BCUT2D eigenvalue weighted by Crippen LogP contribution is 2.28. The number of hydrogen-bond donors (Lipinski definition) is 2. The summed E-state index contributed by atoms with van der Waals surface area (Å²) in [5, 5.41) is 13.5. The third-order valence-electron chi connectivity index (χ3n) is 3.81. The minimum atomic E-state index is -0.525. The number of alkyl carbamates (subject to hydrolysis) is 1. The number of nitrogens with one attached hydrogen (secondary N) is 1. The Hall–Kier alpha value is -0.810. The number of carbonyl (C=O) groups excluding carboxylic acids is 1. The molecule has 1 rings (SSSR count). The monoisotopic (exact) mass is 300 g/mol. The predicted octanol–water partition coefficient (Wildman–Crippen LogP) is 2.38. The molecule has 5 nitrogen and oxygen atoms in total. The highest BCUT2D eigenvalue weighted by atomic mass is 16.6. The van der Waals surface area contributed by atoms with Crippen LogP contribution in [0.4, 0.5) is 4.79 Å². The van der Waals surface area contributed by atoms with Crippen LogP contribution in [0.25, 0.3) is 0 Å². The van der Waals surface area contributed by atoms with Crippen LogP contribution in [0, 0.1) is 5.92 Å². The Bertz CT molecular complexity index is 320. The van der Waals surface area contributed by atoms with Gasteiger partial charge in [0.05, 0.1) is 12.1 Å². The average molecular weight is 300 g/mol. The van der Waals surface area contributed by atoms with Gasteiger partial charge in [-0.15, -0.1) is 0 Å². The van der Waals surface area contributed by atoms with Crippen molar-refractivity contribution in [2.45, 2.75) is 70.6 Å². The zero-order valence-electron chi connectivity index (χ0n) is 14.2. The summed E-state index contributed by atoms with van der Waals surface area (Å²) in [5.41, 5.74) is -0.525. The molecule has 1 saturated carbocycles. The first-order chi connectivity index (χ1) is 9.69. The third kappa shape index (κ3) is 7.14. The van der Waals surface area contributed by atoms with Crippen molar-refractivity contribution < 1.29 is 14.6 Å². The van der Waals surface area contributed by atoms with Crippen molar-refractivity contribution in [1.82, 2.24) is 10.2 Å². The molecule has 0 aromatic rings. The maximum Gasteiger partial charge on any atom is 0.408 e. The van der Waals surface area contributed by atoms with Crippen LogP contribution in [0.15, 0.2) is 0 Å². The molecule has 0 heterocycles. The fraction of sp³-hybridized carbons (Fsp3) is 0.938. The van der Waals surface area contributed by atoms with Gasteiger partial charge in [-0.05, 0) is 53.6 Å². The van der Waals surface area contributed by atoms with Crippen molar-refractivity contribution in [2.75, 3.05) is 20.6 Å². The number of aliphatic hydroxyl groups is 1. The Kier molecular flexibility index (Phi) is 6.94. The van der Waals surface area contributed by atoms with Gasteiger partial charge in [-0.3, -0.25) is 0 Å². The van der Waals surface area contributed by atoms with Crippen LogP contribution in [0.5, 0.6) is 0 Å². The number of aliphatic hydroxyl groups excluding tert-OH is 1. The lowest BCUT2D eigenvalue weighted by atomic mass is 9.82. The highest BCUT2D eigenvalue weighted by molar-refractivity contribution is 5.68. The number of rotatable bonds is 5. The molecule has 0 radical (unpaired) electrons. The smallest absolute Gasteiger partial charge is 0.408 e. The van der Waals surface area contributed by atoms with Gasteiger partial charge >= 0.3 is 6.09 Å². The highest BCUT2D eigenvalue weighted by Gasteiger charge is 2.31. The number of carbonyl (C=O) groups is 1. The second-order valence-corrected chi connectivity index (χ2v) is 7.40. The zero-order valence-corrected chi connectivity index (χ0v) is 14.2. The summed E-state index contributed by atoms with van der Waals surface area (Å²) >= 11 is 0. The van der Waals surface area contributed by atoms with Gasteiger partial charge < -0.3 is 20.1 Å². The van der Waals surface area contributed by atoms with Crippen LogP contribution in [-0.2, 0) is 4.74 Å². The maximum atomic E-state index is 12.0. The van der Waals surface area contributed by atoms with E-state index < -0.39 is 17.8 Å². The van der Waals surface area contributed by atoms with Crippen LogP contribution >= 0.6 is 0 Å². The first-order valence-corrected chi connectivity index (χ1v) is 8.01. The van der Waals surface area contributed by atoms with Crippen molar-refractivity contribution in [3.05, 3.63) is 0 Å². The van der Waals surface area contributed by atoms with Crippen molar-refractivity contribution in [3.8, 4) is 0 Å². The summed E-state index contributed by atoms with van der Waals surface area (Å²) in [6.07, 6.45) is 4.71. The molecule has 0 spiro atoms. The van der Waals surface area contributed by atoms with E-state index in [9.17, 15) is 9.90 Å². The normalized spacial score (nSPS) is 20.1. The molecule has 1 amide bonds. The Morgan fingerprint density at radius 1 is 1.29 bits per heavy atom. The number of nitrogens with zero attached hydrogens (tertiary/aromatic N) is 1. The molecular formula is C16H32N2O3. The lowest BCUT2D eigenvalue weighted by Gasteiger charge is -2.34. The summed E-state index contributed by atoms with van der Waals surface area (Å²) in [6, 6.07) is -0.294.